The summed E-state index contributed by atoms with van der Waals surface area (Å²) in [6.45, 7) is 2.03. The van der Waals surface area contributed by atoms with Gasteiger partial charge in [-0.05, 0) is 55.0 Å². The van der Waals surface area contributed by atoms with Crippen molar-refractivity contribution in [2.75, 3.05) is 10.6 Å². The van der Waals surface area contributed by atoms with Gasteiger partial charge in [0, 0.05) is 15.7 Å². The Morgan fingerprint density at radius 3 is 2.42 bits per heavy atom. The molecule has 0 spiro atoms. The first kappa shape index (κ1) is 16.2. The molecular weight excluding hydrogens is 366 g/mol. The molecule has 0 saturated heterocycles. The second-order valence-electron chi connectivity index (χ2n) is 5.34. The minimum absolute atomic E-state index is 0.151. The molecule has 24 heavy (non-hydrogen) atoms. The zero-order chi connectivity index (χ0) is 16.9. The summed E-state index contributed by atoms with van der Waals surface area (Å²) in [4.78, 5) is 16.4. The number of carbonyl (C=O) groups excluding carboxylic acids is 1. The van der Waals surface area contributed by atoms with Crippen LogP contribution in [0.3, 0.4) is 0 Å². The summed E-state index contributed by atoms with van der Waals surface area (Å²) < 4.78 is 1.07. The Kier molecular flexibility index (Phi) is 4.91. The summed E-state index contributed by atoms with van der Waals surface area (Å²) in [5, 5.41) is 6.07. The molecule has 2 aromatic carbocycles. The first-order valence-corrected chi connectivity index (χ1v) is 8.27. The van der Waals surface area contributed by atoms with Crippen LogP contribution in [0.2, 0.25) is 0 Å². The molecule has 3 aromatic rings. The van der Waals surface area contributed by atoms with Crippen molar-refractivity contribution in [2.24, 2.45) is 0 Å². The number of nitrogens with one attached hydrogen (secondary N) is 2. The number of aromatic nitrogens is 1. The quantitative estimate of drug-likeness (QED) is 0.656. The third kappa shape index (κ3) is 4.00. The highest BCUT2D eigenvalue weighted by Crippen LogP contribution is 2.22. The summed E-state index contributed by atoms with van der Waals surface area (Å²) in [5.74, 6) is 0.566. The number of carbonyl (C=O) groups is 1. The molecule has 0 aliphatic heterocycles. The Morgan fingerprint density at radius 2 is 1.75 bits per heavy atom. The van der Waals surface area contributed by atoms with Crippen LogP contribution in [0.4, 0.5) is 17.2 Å². The number of hydrogen-bond acceptors (Lipinski definition) is 3. The second-order valence-corrected chi connectivity index (χ2v) is 6.20. The molecule has 1 amide bonds. The topological polar surface area (TPSA) is 54.0 Å². The molecule has 0 aliphatic carbocycles. The van der Waals surface area contributed by atoms with Crippen LogP contribution in [0, 0.1) is 6.92 Å². The highest BCUT2D eigenvalue weighted by molar-refractivity contribution is 9.10. The van der Waals surface area contributed by atoms with E-state index in [1.807, 2.05) is 55.5 Å². The maximum atomic E-state index is 12.1. The number of benzene rings is 2. The highest BCUT2D eigenvalue weighted by atomic mass is 79.9. The fraction of sp³-hybridized carbons (Fsp3) is 0.0526. The normalized spacial score (nSPS) is 10.2. The van der Waals surface area contributed by atoms with Crippen LogP contribution in [-0.2, 0) is 0 Å². The van der Waals surface area contributed by atoms with Crippen molar-refractivity contribution in [3.05, 3.63) is 82.5 Å². The molecule has 0 saturated carbocycles. The average Bonchev–Trinajstić information content (AvgIpc) is 2.61. The number of pyridine rings is 1. The number of hydrogen-bond donors (Lipinski definition) is 2. The van der Waals surface area contributed by atoms with E-state index in [9.17, 15) is 4.79 Å². The average molecular weight is 382 g/mol. The Labute approximate surface area is 149 Å². The van der Waals surface area contributed by atoms with Crippen LogP contribution in [0.15, 0.2) is 71.3 Å². The number of rotatable bonds is 4. The van der Waals surface area contributed by atoms with Gasteiger partial charge in [0.05, 0.1) is 11.9 Å². The minimum atomic E-state index is -0.151. The predicted molar refractivity (Wildman–Crippen MR) is 101 cm³/mol. The number of halogens is 1. The van der Waals surface area contributed by atoms with Gasteiger partial charge < -0.3 is 10.6 Å². The predicted octanol–water partition coefficient (Wildman–Crippen LogP) is 5.15. The molecule has 0 unspecified atom stereocenters. The van der Waals surface area contributed by atoms with Crippen molar-refractivity contribution in [1.29, 1.82) is 0 Å². The van der Waals surface area contributed by atoms with E-state index in [-0.39, 0.29) is 5.91 Å². The molecule has 1 heterocycles. The molecular formula is C19H16BrN3O. The fourth-order valence-electron chi connectivity index (χ4n) is 2.20. The lowest BCUT2D eigenvalue weighted by molar-refractivity contribution is 0.102. The molecule has 0 aliphatic rings. The van der Waals surface area contributed by atoms with Gasteiger partial charge in [-0.3, -0.25) is 4.79 Å². The molecule has 0 radical (unpaired) electrons. The molecule has 0 bridgehead atoms. The monoisotopic (exact) mass is 381 g/mol. The fourth-order valence-corrected chi connectivity index (χ4v) is 2.45. The Bertz CT molecular complexity index is 848. The summed E-state index contributed by atoms with van der Waals surface area (Å²) in [6.07, 6.45) is 1.63. The van der Waals surface area contributed by atoms with Crippen LogP contribution in [0.25, 0.3) is 0 Å². The molecule has 1 aromatic heterocycles. The van der Waals surface area contributed by atoms with E-state index in [2.05, 4.69) is 31.5 Å². The molecule has 2 N–H and O–H groups in total. The van der Waals surface area contributed by atoms with E-state index >= 15 is 0 Å². The second kappa shape index (κ2) is 7.27. The van der Waals surface area contributed by atoms with E-state index in [1.165, 1.54) is 0 Å². The van der Waals surface area contributed by atoms with Crippen molar-refractivity contribution in [2.45, 2.75) is 6.92 Å². The van der Waals surface area contributed by atoms with E-state index in [4.69, 9.17) is 0 Å². The molecule has 3 rings (SSSR count). The summed E-state index contributed by atoms with van der Waals surface area (Å²) in [5.41, 5.74) is 3.38. The largest absolute Gasteiger partial charge is 0.340 e. The SMILES string of the molecule is Cc1cc(Nc2ccc(NC(=O)c3ccccc3)cn2)ccc1Br. The van der Waals surface area contributed by atoms with Crippen molar-refractivity contribution in [3.8, 4) is 0 Å². The number of nitrogens with zero attached hydrogens (tertiary/aromatic N) is 1. The van der Waals surface area contributed by atoms with Crippen LogP contribution in [0.5, 0.6) is 0 Å². The third-order valence-electron chi connectivity index (χ3n) is 3.49. The number of aryl methyl sites for hydroxylation is 1. The van der Waals surface area contributed by atoms with Gasteiger partial charge in [-0.1, -0.05) is 34.1 Å². The number of anilines is 3. The summed E-state index contributed by atoms with van der Waals surface area (Å²) in [7, 11) is 0. The van der Waals surface area contributed by atoms with Gasteiger partial charge in [0.15, 0.2) is 0 Å². The van der Waals surface area contributed by atoms with E-state index < -0.39 is 0 Å². The molecule has 0 atom stereocenters. The summed E-state index contributed by atoms with van der Waals surface area (Å²) in [6, 6.07) is 18.7. The maximum Gasteiger partial charge on any atom is 0.255 e. The van der Waals surface area contributed by atoms with Crippen molar-refractivity contribution in [3.63, 3.8) is 0 Å². The first-order chi connectivity index (χ1) is 11.6. The lowest BCUT2D eigenvalue weighted by Crippen LogP contribution is -2.11. The summed E-state index contributed by atoms with van der Waals surface area (Å²) >= 11 is 3.48. The van der Waals surface area contributed by atoms with Crippen molar-refractivity contribution >= 4 is 39.0 Å². The van der Waals surface area contributed by atoms with Crippen molar-refractivity contribution in [1.82, 2.24) is 4.98 Å². The molecule has 4 nitrogen and oxygen atoms in total. The Hall–Kier alpha value is -2.66. The van der Waals surface area contributed by atoms with Gasteiger partial charge in [0.25, 0.3) is 5.91 Å². The van der Waals surface area contributed by atoms with Gasteiger partial charge >= 0.3 is 0 Å². The van der Waals surface area contributed by atoms with E-state index in [0.717, 1.165) is 21.5 Å². The van der Waals surface area contributed by atoms with Crippen LogP contribution in [-0.4, -0.2) is 10.9 Å². The lowest BCUT2D eigenvalue weighted by Gasteiger charge is -2.09. The molecule has 0 fully saturated rings. The first-order valence-electron chi connectivity index (χ1n) is 7.47. The van der Waals surface area contributed by atoms with Gasteiger partial charge in [-0.2, -0.15) is 0 Å². The highest BCUT2D eigenvalue weighted by Gasteiger charge is 2.05. The zero-order valence-electron chi connectivity index (χ0n) is 13.1. The van der Waals surface area contributed by atoms with Gasteiger partial charge in [0.1, 0.15) is 5.82 Å². The minimum Gasteiger partial charge on any atom is -0.340 e. The van der Waals surface area contributed by atoms with Crippen LogP contribution in [0.1, 0.15) is 15.9 Å². The Morgan fingerprint density at radius 1 is 1.00 bits per heavy atom. The molecule has 5 heteroatoms. The van der Waals surface area contributed by atoms with E-state index in [0.29, 0.717) is 11.3 Å². The van der Waals surface area contributed by atoms with Gasteiger partial charge in [-0.15, -0.1) is 0 Å². The third-order valence-corrected chi connectivity index (χ3v) is 4.38. The Balaban J connectivity index is 1.67. The number of amides is 1. The van der Waals surface area contributed by atoms with Crippen LogP contribution < -0.4 is 10.6 Å². The van der Waals surface area contributed by atoms with Gasteiger partial charge in [-0.25, -0.2) is 4.98 Å². The van der Waals surface area contributed by atoms with Gasteiger partial charge in [0.2, 0.25) is 0 Å². The smallest absolute Gasteiger partial charge is 0.255 e. The van der Waals surface area contributed by atoms with Crippen LogP contribution >= 0.6 is 15.9 Å². The molecule has 120 valence electrons. The van der Waals surface area contributed by atoms with E-state index in [1.54, 1.807) is 18.3 Å². The lowest BCUT2D eigenvalue weighted by atomic mass is 10.2. The standard InChI is InChI=1S/C19H16BrN3O/c1-13-11-15(7-9-17(13)20)22-18-10-8-16(12-21-18)23-19(24)14-5-3-2-4-6-14/h2-12H,1H3,(H,21,22)(H,23,24). The zero-order valence-corrected chi connectivity index (χ0v) is 14.7. The van der Waals surface area contributed by atoms with Crippen molar-refractivity contribution < 1.29 is 4.79 Å². The maximum absolute atomic E-state index is 12.1.